The molecule has 4 nitrogen and oxygen atoms in total. The lowest BCUT2D eigenvalue weighted by Gasteiger charge is -2.25. The number of ether oxygens (including phenoxy) is 2. The summed E-state index contributed by atoms with van der Waals surface area (Å²) in [6.07, 6.45) is -2.06. The van der Waals surface area contributed by atoms with E-state index in [-0.39, 0.29) is 17.0 Å². The van der Waals surface area contributed by atoms with Gasteiger partial charge in [0.1, 0.15) is 17.6 Å². The van der Waals surface area contributed by atoms with Gasteiger partial charge >= 0.3 is 6.18 Å². The SMILES string of the molecule is COC1=C2C(=O)C=C(C(F)(F)F)N=C2C(OC)C=C1. The lowest BCUT2D eigenvalue weighted by Crippen LogP contribution is -2.33. The zero-order valence-corrected chi connectivity index (χ0v) is 10.1. The van der Waals surface area contributed by atoms with Crippen LogP contribution in [0.25, 0.3) is 0 Å². The Labute approximate surface area is 106 Å². The number of aliphatic imine (C=N–C) groups is 1. The molecule has 0 bridgehead atoms. The average molecular weight is 273 g/mol. The van der Waals surface area contributed by atoms with E-state index in [1.54, 1.807) is 0 Å². The fourth-order valence-corrected chi connectivity index (χ4v) is 1.85. The molecule has 0 spiro atoms. The van der Waals surface area contributed by atoms with Crippen LogP contribution in [0.4, 0.5) is 13.2 Å². The van der Waals surface area contributed by atoms with Crippen LogP contribution < -0.4 is 0 Å². The van der Waals surface area contributed by atoms with Crippen LogP contribution in [-0.4, -0.2) is 38.0 Å². The van der Waals surface area contributed by atoms with Gasteiger partial charge in [-0.05, 0) is 12.2 Å². The number of rotatable bonds is 2. The van der Waals surface area contributed by atoms with Gasteiger partial charge in [0.2, 0.25) is 0 Å². The van der Waals surface area contributed by atoms with Gasteiger partial charge in [0.15, 0.2) is 5.78 Å². The molecule has 19 heavy (non-hydrogen) atoms. The maximum Gasteiger partial charge on any atom is 0.433 e. The molecule has 102 valence electrons. The van der Waals surface area contributed by atoms with Crippen LogP contribution >= 0.6 is 0 Å². The zero-order valence-electron chi connectivity index (χ0n) is 10.1. The van der Waals surface area contributed by atoms with Crippen molar-refractivity contribution < 1.29 is 27.4 Å². The van der Waals surface area contributed by atoms with Crippen molar-refractivity contribution >= 4 is 11.5 Å². The summed E-state index contributed by atoms with van der Waals surface area (Å²) in [7, 11) is 2.65. The van der Waals surface area contributed by atoms with E-state index in [0.29, 0.717) is 6.08 Å². The smallest absolute Gasteiger partial charge is 0.433 e. The number of alkyl halides is 3. The first-order valence-corrected chi connectivity index (χ1v) is 5.30. The summed E-state index contributed by atoms with van der Waals surface area (Å²) in [5.41, 5.74) is -1.31. The van der Waals surface area contributed by atoms with Crippen molar-refractivity contribution in [3.63, 3.8) is 0 Å². The predicted molar refractivity (Wildman–Crippen MR) is 60.6 cm³/mol. The van der Waals surface area contributed by atoms with Gasteiger partial charge in [-0.25, -0.2) is 4.99 Å². The van der Waals surface area contributed by atoms with Gasteiger partial charge in [0, 0.05) is 13.2 Å². The normalized spacial score (nSPS) is 23.0. The van der Waals surface area contributed by atoms with E-state index in [9.17, 15) is 18.0 Å². The molecule has 0 N–H and O–H groups in total. The number of hydrogen-bond donors (Lipinski definition) is 0. The Balaban J connectivity index is 2.56. The van der Waals surface area contributed by atoms with Gasteiger partial charge in [-0.15, -0.1) is 0 Å². The van der Waals surface area contributed by atoms with E-state index in [1.807, 2.05) is 0 Å². The predicted octanol–water partition coefficient (Wildman–Crippen LogP) is 1.94. The number of allylic oxidation sites excluding steroid dienone is 3. The first-order valence-electron chi connectivity index (χ1n) is 5.30. The molecule has 7 heteroatoms. The molecule has 0 amide bonds. The van der Waals surface area contributed by atoms with Crippen molar-refractivity contribution in [3.8, 4) is 0 Å². The average Bonchev–Trinajstić information content (AvgIpc) is 2.36. The maximum atomic E-state index is 12.6. The van der Waals surface area contributed by atoms with Crippen LogP contribution in [0.15, 0.2) is 40.2 Å². The highest BCUT2D eigenvalue weighted by atomic mass is 19.4. The number of fused-ring (bicyclic) bond motifs is 1. The highest BCUT2D eigenvalue weighted by Crippen LogP contribution is 2.33. The molecule has 0 saturated carbocycles. The Bertz CT molecular complexity index is 541. The lowest BCUT2D eigenvalue weighted by molar-refractivity contribution is -0.113. The topological polar surface area (TPSA) is 47.9 Å². The highest BCUT2D eigenvalue weighted by molar-refractivity contribution is 6.30. The molecule has 0 aromatic carbocycles. The van der Waals surface area contributed by atoms with Crippen LogP contribution in [-0.2, 0) is 14.3 Å². The molecule has 0 fully saturated rings. The van der Waals surface area contributed by atoms with Crippen molar-refractivity contribution in [2.75, 3.05) is 14.2 Å². The van der Waals surface area contributed by atoms with E-state index in [0.717, 1.165) is 0 Å². The van der Waals surface area contributed by atoms with Gasteiger partial charge in [-0.1, -0.05) is 0 Å². The van der Waals surface area contributed by atoms with Crippen LogP contribution in [0.2, 0.25) is 0 Å². The lowest BCUT2D eigenvalue weighted by atomic mass is 9.92. The molecule has 0 radical (unpaired) electrons. The third kappa shape index (κ3) is 2.33. The molecule has 0 saturated heterocycles. The quantitative estimate of drug-likeness (QED) is 0.772. The molecule has 1 heterocycles. The molecule has 0 aromatic rings. The van der Waals surface area contributed by atoms with Gasteiger partial charge < -0.3 is 9.47 Å². The van der Waals surface area contributed by atoms with Crippen LogP contribution in [0.5, 0.6) is 0 Å². The fourth-order valence-electron chi connectivity index (χ4n) is 1.85. The van der Waals surface area contributed by atoms with E-state index in [4.69, 9.17) is 9.47 Å². The second kappa shape index (κ2) is 4.65. The van der Waals surface area contributed by atoms with Gasteiger partial charge in [0.05, 0.1) is 18.4 Å². The summed E-state index contributed by atoms with van der Waals surface area (Å²) in [6.45, 7) is 0. The maximum absolute atomic E-state index is 12.6. The molecule has 0 aromatic heterocycles. The summed E-state index contributed by atoms with van der Waals surface area (Å²) in [6, 6.07) is 0. The van der Waals surface area contributed by atoms with Gasteiger partial charge in [-0.3, -0.25) is 4.79 Å². The van der Waals surface area contributed by atoms with E-state index in [2.05, 4.69) is 4.99 Å². The number of hydrogen-bond acceptors (Lipinski definition) is 4. The number of carbonyl (C=O) groups is 1. The van der Waals surface area contributed by atoms with Crippen LogP contribution in [0.1, 0.15) is 0 Å². The highest BCUT2D eigenvalue weighted by Gasteiger charge is 2.40. The molecular weight excluding hydrogens is 263 g/mol. The molecule has 2 rings (SSSR count). The molecule has 1 aliphatic heterocycles. The van der Waals surface area contributed by atoms with Crippen molar-refractivity contribution in [2.24, 2.45) is 4.99 Å². The summed E-state index contributed by atoms with van der Waals surface area (Å²) in [5.74, 6) is -0.616. The van der Waals surface area contributed by atoms with Gasteiger partial charge in [0.25, 0.3) is 0 Å². The van der Waals surface area contributed by atoms with Crippen molar-refractivity contribution in [1.82, 2.24) is 0 Å². The minimum Gasteiger partial charge on any atom is -0.496 e. The molecule has 2 aliphatic rings. The third-order valence-corrected chi connectivity index (χ3v) is 2.71. The number of methoxy groups -OCH3 is 2. The third-order valence-electron chi connectivity index (χ3n) is 2.71. The minimum absolute atomic E-state index is 0.00449. The Kier molecular flexibility index (Phi) is 3.32. The first kappa shape index (κ1) is 13.5. The van der Waals surface area contributed by atoms with Crippen molar-refractivity contribution in [3.05, 3.63) is 35.3 Å². The second-order valence-corrected chi connectivity index (χ2v) is 3.85. The Morgan fingerprint density at radius 1 is 1.32 bits per heavy atom. The van der Waals surface area contributed by atoms with E-state index < -0.39 is 23.8 Å². The van der Waals surface area contributed by atoms with Crippen molar-refractivity contribution in [2.45, 2.75) is 12.3 Å². The molecule has 1 atom stereocenters. The molecule has 1 unspecified atom stereocenters. The Morgan fingerprint density at radius 3 is 2.53 bits per heavy atom. The summed E-state index contributed by atoms with van der Waals surface area (Å²) >= 11 is 0. The standard InChI is InChI=1S/C12H10F3NO3/c1-18-7-3-4-8(19-2)11-10(7)6(17)5-9(16-11)12(13,14)15/h3-5,8H,1-2H3. The largest absolute Gasteiger partial charge is 0.496 e. The van der Waals surface area contributed by atoms with E-state index >= 15 is 0 Å². The van der Waals surface area contributed by atoms with Gasteiger partial charge in [-0.2, -0.15) is 13.2 Å². The molecular formula is C12H10F3NO3. The zero-order chi connectivity index (χ0) is 14.2. The Hall–Kier alpha value is -1.89. The minimum atomic E-state index is -4.68. The van der Waals surface area contributed by atoms with Crippen LogP contribution in [0.3, 0.4) is 0 Å². The Morgan fingerprint density at radius 2 is 2.00 bits per heavy atom. The monoisotopic (exact) mass is 273 g/mol. The van der Waals surface area contributed by atoms with Crippen LogP contribution in [0, 0.1) is 0 Å². The number of nitrogens with zero attached hydrogens (tertiary/aromatic N) is 1. The first-order chi connectivity index (χ1) is 8.88. The summed E-state index contributed by atoms with van der Waals surface area (Å²) < 4.78 is 47.9. The summed E-state index contributed by atoms with van der Waals surface area (Å²) in [4.78, 5) is 15.3. The van der Waals surface area contributed by atoms with Crippen molar-refractivity contribution in [1.29, 1.82) is 0 Å². The summed E-state index contributed by atoms with van der Waals surface area (Å²) in [5, 5.41) is 0. The van der Waals surface area contributed by atoms with E-state index in [1.165, 1.54) is 26.4 Å². The second-order valence-electron chi connectivity index (χ2n) is 3.85. The number of halogens is 3. The number of carbonyl (C=O) groups excluding carboxylic acids is 1. The fraction of sp³-hybridized carbons (Fsp3) is 0.333. The number of ketones is 1. The molecule has 1 aliphatic carbocycles.